The van der Waals surface area contributed by atoms with Gasteiger partial charge in [0.25, 0.3) is 5.91 Å². The van der Waals surface area contributed by atoms with Crippen LogP contribution < -0.4 is 5.32 Å². The number of nitrogens with one attached hydrogen (secondary N) is 1. The van der Waals surface area contributed by atoms with Crippen LogP contribution in [0.1, 0.15) is 33.5 Å². The SMILES string of the molecule is CSCc1c(C(=O)N[C@@H](c2ccccc2)c2nccn2C)oc2ccccc12. The molecule has 0 fully saturated rings. The minimum absolute atomic E-state index is 0.239. The van der Waals surface area contributed by atoms with Crippen molar-refractivity contribution in [3.05, 3.63) is 89.7 Å². The number of nitrogens with zero attached hydrogens (tertiary/aromatic N) is 2. The minimum atomic E-state index is -0.371. The van der Waals surface area contributed by atoms with Crippen molar-refractivity contribution in [3.63, 3.8) is 0 Å². The predicted molar refractivity (Wildman–Crippen MR) is 112 cm³/mol. The number of aryl methyl sites for hydroxylation is 1. The average Bonchev–Trinajstić information content (AvgIpc) is 3.31. The molecular formula is C22H21N3O2S. The summed E-state index contributed by atoms with van der Waals surface area (Å²) in [6.45, 7) is 0. The first-order valence-corrected chi connectivity index (χ1v) is 10.4. The van der Waals surface area contributed by atoms with Crippen LogP contribution in [0.15, 0.2) is 71.4 Å². The summed E-state index contributed by atoms with van der Waals surface area (Å²) in [5.74, 6) is 1.60. The monoisotopic (exact) mass is 391 g/mol. The Morgan fingerprint density at radius 2 is 1.93 bits per heavy atom. The van der Waals surface area contributed by atoms with Crippen molar-refractivity contribution < 1.29 is 9.21 Å². The summed E-state index contributed by atoms with van der Waals surface area (Å²) in [6, 6.07) is 17.2. The second-order valence-corrected chi connectivity index (χ2v) is 7.42. The first kappa shape index (κ1) is 18.4. The fourth-order valence-electron chi connectivity index (χ4n) is 3.36. The number of carbonyl (C=O) groups is 1. The Bertz CT molecular complexity index is 1100. The molecule has 0 saturated heterocycles. The number of fused-ring (bicyclic) bond motifs is 1. The lowest BCUT2D eigenvalue weighted by atomic mass is 10.1. The molecule has 0 bridgehead atoms. The van der Waals surface area contributed by atoms with Crippen molar-refractivity contribution in [1.29, 1.82) is 0 Å². The van der Waals surface area contributed by atoms with Gasteiger partial charge >= 0.3 is 0 Å². The van der Waals surface area contributed by atoms with Crippen LogP contribution in [-0.2, 0) is 12.8 Å². The Labute approximate surface area is 167 Å². The third-order valence-corrected chi connectivity index (χ3v) is 5.30. The number of rotatable bonds is 6. The van der Waals surface area contributed by atoms with Gasteiger partial charge in [-0.1, -0.05) is 48.5 Å². The Morgan fingerprint density at radius 1 is 1.18 bits per heavy atom. The highest BCUT2D eigenvalue weighted by Crippen LogP contribution is 2.30. The molecule has 1 atom stereocenters. The molecule has 0 radical (unpaired) electrons. The lowest BCUT2D eigenvalue weighted by Crippen LogP contribution is -2.31. The van der Waals surface area contributed by atoms with Crippen molar-refractivity contribution in [3.8, 4) is 0 Å². The smallest absolute Gasteiger partial charge is 0.288 e. The Hall–Kier alpha value is -2.99. The van der Waals surface area contributed by atoms with Crippen molar-refractivity contribution in [2.45, 2.75) is 11.8 Å². The molecular weight excluding hydrogens is 370 g/mol. The van der Waals surface area contributed by atoms with E-state index in [1.54, 1.807) is 18.0 Å². The number of benzene rings is 2. The Balaban J connectivity index is 1.74. The molecule has 4 aromatic rings. The molecule has 28 heavy (non-hydrogen) atoms. The molecule has 0 unspecified atom stereocenters. The molecule has 0 aliphatic carbocycles. The highest BCUT2D eigenvalue weighted by atomic mass is 32.2. The van der Waals surface area contributed by atoms with Gasteiger partial charge in [-0.3, -0.25) is 4.79 Å². The summed E-state index contributed by atoms with van der Waals surface area (Å²) in [5.41, 5.74) is 2.62. The van der Waals surface area contributed by atoms with Crippen LogP contribution in [0.3, 0.4) is 0 Å². The van der Waals surface area contributed by atoms with E-state index in [1.165, 1.54) is 0 Å². The number of para-hydroxylation sites is 1. The Morgan fingerprint density at radius 3 is 2.64 bits per heavy atom. The van der Waals surface area contributed by atoms with E-state index in [4.69, 9.17) is 4.42 Å². The van der Waals surface area contributed by atoms with Gasteiger partial charge < -0.3 is 14.3 Å². The van der Waals surface area contributed by atoms with E-state index in [0.717, 1.165) is 27.9 Å². The zero-order valence-corrected chi connectivity index (χ0v) is 16.6. The highest BCUT2D eigenvalue weighted by Gasteiger charge is 2.26. The first-order valence-electron chi connectivity index (χ1n) is 9.01. The maximum Gasteiger partial charge on any atom is 0.288 e. The molecule has 0 spiro atoms. The second-order valence-electron chi connectivity index (χ2n) is 6.55. The zero-order valence-electron chi connectivity index (χ0n) is 15.8. The zero-order chi connectivity index (χ0) is 19.5. The van der Waals surface area contributed by atoms with E-state index < -0.39 is 0 Å². The number of amides is 1. The predicted octanol–water partition coefficient (Wildman–Crippen LogP) is 4.55. The summed E-state index contributed by atoms with van der Waals surface area (Å²) in [5, 5.41) is 4.11. The molecule has 0 saturated carbocycles. The quantitative estimate of drug-likeness (QED) is 0.524. The number of furan rings is 1. The number of hydrogen-bond acceptors (Lipinski definition) is 4. The fourth-order valence-corrected chi connectivity index (χ4v) is 3.94. The van der Waals surface area contributed by atoms with Gasteiger partial charge in [0.05, 0.1) is 0 Å². The summed E-state index contributed by atoms with van der Waals surface area (Å²) in [4.78, 5) is 17.7. The lowest BCUT2D eigenvalue weighted by Gasteiger charge is -2.19. The molecule has 2 aromatic carbocycles. The maximum atomic E-state index is 13.2. The van der Waals surface area contributed by atoms with Crippen molar-refractivity contribution >= 4 is 28.6 Å². The van der Waals surface area contributed by atoms with Crippen LogP contribution in [0.2, 0.25) is 0 Å². The largest absolute Gasteiger partial charge is 0.451 e. The fraction of sp³-hybridized carbons (Fsp3) is 0.182. The highest BCUT2D eigenvalue weighted by molar-refractivity contribution is 7.97. The van der Waals surface area contributed by atoms with Crippen LogP contribution in [0, 0.1) is 0 Å². The van der Waals surface area contributed by atoms with E-state index in [9.17, 15) is 4.79 Å². The molecule has 6 heteroatoms. The molecule has 1 N–H and O–H groups in total. The average molecular weight is 391 g/mol. The van der Waals surface area contributed by atoms with Crippen molar-refractivity contribution in [2.75, 3.05) is 6.26 Å². The van der Waals surface area contributed by atoms with Gasteiger partial charge in [0.1, 0.15) is 17.4 Å². The minimum Gasteiger partial charge on any atom is -0.451 e. The summed E-state index contributed by atoms with van der Waals surface area (Å²) in [6.07, 6.45) is 5.62. The number of hydrogen-bond donors (Lipinski definition) is 1. The number of thioether (sulfide) groups is 1. The van der Waals surface area contributed by atoms with Gasteiger partial charge in [-0.15, -0.1) is 0 Å². The number of imidazole rings is 1. The van der Waals surface area contributed by atoms with E-state index >= 15 is 0 Å². The maximum absolute atomic E-state index is 13.2. The van der Waals surface area contributed by atoms with Crippen molar-refractivity contribution in [2.24, 2.45) is 7.05 Å². The molecule has 0 aliphatic rings. The Kier molecular flexibility index (Phi) is 5.21. The molecule has 4 rings (SSSR count). The molecule has 5 nitrogen and oxygen atoms in total. The summed E-state index contributed by atoms with van der Waals surface area (Å²) < 4.78 is 7.86. The van der Waals surface area contributed by atoms with E-state index in [-0.39, 0.29) is 11.9 Å². The molecule has 1 amide bonds. The van der Waals surface area contributed by atoms with Gasteiger partial charge in [-0.25, -0.2) is 4.98 Å². The third kappa shape index (κ3) is 3.43. The van der Waals surface area contributed by atoms with E-state index in [1.807, 2.05) is 78.7 Å². The summed E-state index contributed by atoms with van der Waals surface area (Å²) >= 11 is 1.66. The van der Waals surface area contributed by atoms with Crippen LogP contribution >= 0.6 is 11.8 Å². The van der Waals surface area contributed by atoms with Crippen LogP contribution in [0.25, 0.3) is 11.0 Å². The standard InChI is InChI=1S/C22H21N3O2S/c1-25-13-12-23-21(25)19(15-8-4-3-5-9-15)24-22(26)20-17(14-28-2)16-10-6-7-11-18(16)27-20/h3-13,19H,14H2,1-2H3,(H,24,26)/t19-/m0/s1. The van der Waals surface area contributed by atoms with Crippen LogP contribution in [0.4, 0.5) is 0 Å². The summed E-state index contributed by atoms with van der Waals surface area (Å²) in [7, 11) is 1.92. The van der Waals surface area contributed by atoms with Gasteiger partial charge in [0.15, 0.2) is 5.76 Å². The van der Waals surface area contributed by atoms with Crippen LogP contribution in [-0.4, -0.2) is 21.7 Å². The first-order chi connectivity index (χ1) is 13.7. The second kappa shape index (κ2) is 7.94. The molecule has 142 valence electrons. The van der Waals surface area contributed by atoms with Crippen LogP contribution in [0.5, 0.6) is 0 Å². The normalized spacial score (nSPS) is 12.2. The molecule has 2 aromatic heterocycles. The van der Waals surface area contributed by atoms with Gasteiger partial charge in [0, 0.05) is 36.1 Å². The van der Waals surface area contributed by atoms with Gasteiger partial charge in [0.2, 0.25) is 0 Å². The molecule has 2 heterocycles. The van der Waals surface area contributed by atoms with Gasteiger partial charge in [-0.2, -0.15) is 11.8 Å². The topological polar surface area (TPSA) is 60.1 Å². The lowest BCUT2D eigenvalue weighted by molar-refractivity contribution is 0.0914. The number of aromatic nitrogens is 2. The van der Waals surface area contributed by atoms with E-state index in [0.29, 0.717) is 11.5 Å². The number of carbonyl (C=O) groups excluding carboxylic acids is 1. The third-order valence-electron chi connectivity index (χ3n) is 4.72. The molecule has 0 aliphatic heterocycles. The van der Waals surface area contributed by atoms with Crippen molar-refractivity contribution in [1.82, 2.24) is 14.9 Å². The van der Waals surface area contributed by atoms with E-state index in [2.05, 4.69) is 10.3 Å². The van der Waals surface area contributed by atoms with Gasteiger partial charge in [-0.05, 0) is 17.9 Å².